The summed E-state index contributed by atoms with van der Waals surface area (Å²) in [6.45, 7) is 16.2. The number of aliphatic hydroxyl groups is 1. The number of esters is 1. The van der Waals surface area contributed by atoms with Crippen LogP contribution in [0.2, 0.25) is 0 Å². The highest BCUT2D eigenvalue weighted by Gasteiger charge is 2.78. The molecule has 0 radical (unpaired) electrons. The highest BCUT2D eigenvalue weighted by atomic mass is 16.6. The molecule has 8 nitrogen and oxygen atoms in total. The van der Waals surface area contributed by atoms with Gasteiger partial charge in [0.25, 0.3) is 0 Å². The summed E-state index contributed by atoms with van der Waals surface area (Å²) in [7, 11) is 0. The molecule has 0 aromatic carbocycles. The molecule has 1 N–H and O–H groups in total. The Morgan fingerprint density at radius 3 is 2.54 bits per heavy atom. The number of fused-ring (bicyclic) bond motifs is 1. The third kappa shape index (κ3) is 4.79. The Morgan fingerprint density at radius 1 is 1.23 bits per heavy atom. The van der Waals surface area contributed by atoms with Gasteiger partial charge in [-0.1, -0.05) is 12.2 Å². The first-order valence-electron chi connectivity index (χ1n) is 12.8. The van der Waals surface area contributed by atoms with Crippen molar-refractivity contribution >= 4 is 17.8 Å². The Balaban J connectivity index is 2.01. The van der Waals surface area contributed by atoms with E-state index in [0.717, 1.165) is 6.42 Å². The lowest BCUT2D eigenvalue weighted by Crippen LogP contribution is -2.60. The fraction of sp³-hybridized carbons (Fsp3) is 0.741. The zero-order chi connectivity index (χ0) is 26.0. The van der Waals surface area contributed by atoms with E-state index in [1.165, 1.54) is 0 Å². The zero-order valence-electron chi connectivity index (χ0n) is 21.8. The lowest BCUT2D eigenvalue weighted by atomic mass is 9.66. The van der Waals surface area contributed by atoms with Crippen molar-refractivity contribution in [2.75, 3.05) is 26.3 Å². The number of ether oxygens (including phenoxy) is 2. The molecule has 3 heterocycles. The SMILES string of the molecule is C=CCCOC(=O)[C@@H]1[C@H]2C(=O)N(CCCCCO)C(C(=O)N(CC=C)C(C)(C)C)C23CC[C@@]1(C)O3. The average Bonchev–Trinajstić information content (AvgIpc) is 3.35. The number of aliphatic hydroxyl groups excluding tert-OH is 1. The minimum absolute atomic E-state index is 0.0834. The Labute approximate surface area is 209 Å². The van der Waals surface area contributed by atoms with E-state index in [2.05, 4.69) is 13.2 Å². The second-order valence-corrected chi connectivity index (χ2v) is 11.2. The summed E-state index contributed by atoms with van der Waals surface area (Å²) in [4.78, 5) is 44.7. The predicted octanol–water partition coefficient (Wildman–Crippen LogP) is 2.85. The summed E-state index contributed by atoms with van der Waals surface area (Å²) in [5.74, 6) is -2.35. The van der Waals surface area contributed by atoms with E-state index in [-0.39, 0.29) is 25.0 Å². The van der Waals surface area contributed by atoms with E-state index >= 15 is 0 Å². The van der Waals surface area contributed by atoms with Crippen molar-refractivity contribution in [3.63, 3.8) is 0 Å². The molecule has 196 valence electrons. The number of hydrogen-bond donors (Lipinski definition) is 1. The van der Waals surface area contributed by atoms with E-state index < -0.39 is 40.6 Å². The number of rotatable bonds is 12. The highest BCUT2D eigenvalue weighted by molar-refractivity contribution is 5.98. The minimum atomic E-state index is -1.06. The highest BCUT2D eigenvalue weighted by Crippen LogP contribution is 2.63. The van der Waals surface area contributed by atoms with Gasteiger partial charge < -0.3 is 24.4 Å². The van der Waals surface area contributed by atoms with Crippen LogP contribution in [0, 0.1) is 11.8 Å². The Hall–Kier alpha value is -2.19. The fourth-order valence-electron chi connectivity index (χ4n) is 6.18. The molecule has 3 aliphatic heterocycles. The van der Waals surface area contributed by atoms with Gasteiger partial charge in [-0.2, -0.15) is 0 Å². The van der Waals surface area contributed by atoms with Crippen molar-refractivity contribution in [2.45, 2.75) is 89.0 Å². The smallest absolute Gasteiger partial charge is 0.312 e. The molecule has 8 heteroatoms. The molecule has 0 aromatic heterocycles. The van der Waals surface area contributed by atoms with Gasteiger partial charge in [-0.15, -0.1) is 13.2 Å². The van der Waals surface area contributed by atoms with Crippen molar-refractivity contribution < 1.29 is 29.0 Å². The molecule has 2 unspecified atom stereocenters. The van der Waals surface area contributed by atoms with Crippen LogP contribution in [0.15, 0.2) is 25.3 Å². The molecule has 3 aliphatic rings. The van der Waals surface area contributed by atoms with Crippen molar-refractivity contribution in [2.24, 2.45) is 11.8 Å². The lowest BCUT2D eigenvalue weighted by molar-refractivity contribution is -0.161. The van der Waals surface area contributed by atoms with Crippen LogP contribution in [0.1, 0.15) is 66.2 Å². The van der Waals surface area contributed by atoms with Crippen molar-refractivity contribution in [3.8, 4) is 0 Å². The van der Waals surface area contributed by atoms with Crippen molar-refractivity contribution in [1.29, 1.82) is 0 Å². The van der Waals surface area contributed by atoms with E-state index in [4.69, 9.17) is 9.47 Å². The maximum absolute atomic E-state index is 14.2. The van der Waals surface area contributed by atoms with E-state index in [9.17, 15) is 19.5 Å². The van der Waals surface area contributed by atoms with Gasteiger partial charge in [-0.05, 0) is 66.2 Å². The van der Waals surface area contributed by atoms with E-state index in [0.29, 0.717) is 45.2 Å². The summed E-state index contributed by atoms with van der Waals surface area (Å²) < 4.78 is 12.1. The van der Waals surface area contributed by atoms with E-state index in [1.54, 1.807) is 22.0 Å². The Bertz CT molecular complexity index is 851. The fourth-order valence-corrected chi connectivity index (χ4v) is 6.18. The van der Waals surface area contributed by atoms with Crippen LogP contribution < -0.4 is 0 Å². The second-order valence-electron chi connectivity index (χ2n) is 11.2. The number of likely N-dealkylation sites (tertiary alicyclic amines) is 1. The molecule has 1 spiro atoms. The first-order chi connectivity index (χ1) is 16.5. The number of unbranched alkanes of at least 4 members (excludes halogenated alkanes) is 2. The molecule has 35 heavy (non-hydrogen) atoms. The molecule has 2 amide bonds. The predicted molar refractivity (Wildman–Crippen MR) is 132 cm³/mol. The number of hydrogen-bond acceptors (Lipinski definition) is 6. The topological polar surface area (TPSA) is 96.4 Å². The largest absolute Gasteiger partial charge is 0.465 e. The van der Waals surface area contributed by atoms with E-state index in [1.807, 2.05) is 27.7 Å². The van der Waals surface area contributed by atoms with Crippen LogP contribution >= 0.6 is 0 Å². The number of carbonyl (C=O) groups excluding carboxylic acids is 3. The molecular formula is C27H42N2O6. The second kappa shape index (κ2) is 10.4. The van der Waals surface area contributed by atoms with Crippen molar-refractivity contribution in [1.82, 2.24) is 9.80 Å². The minimum Gasteiger partial charge on any atom is -0.465 e. The van der Waals surface area contributed by atoms with Gasteiger partial charge >= 0.3 is 5.97 Å². The number of amides is 2. The molecule has 3 rings (SSSR count). The summed E-state index contributed by atoms with van der Waals surface area (Å²) in [5.41, 5.74) is -2.40. The van der Waals surface area contributed by atoms with Gasteiger partial charge in [0, 0.05) is 25.2 Å². The molecule has 3 saturated heterocycles. The van der Waals surface area contributed by atoms with Crippen molar-refractivity contribution in [3.05, 3.63) is 25.3 Å². The Morgan fingerprint density at radius 2 is 1.94 bits per heavy atom. The maximum Gasteiger partial charge on any atom is 0.312 e. The maximum atomic E-state index is 14.2. The standard InChI is InChI=1S/C27H42N2O6/c1-7-9-18-34-24(33)20-19-22(31)28(16-11-10-12-17-30)21(27(19)14-13-26(20,6)35-27)23(32)29(15-8-2)25(3,4)5/h7-8,19-21,30H,1-2,9-18H2,3-6H3/t19-,20-,21?,26+,27?/m0/s1. The summed E-state index contributed by atoms with van der Waals surface area (Å²) in [6, 6.07) is -0.818. The first kappa shape index (κ1) is 27.4. The lowest BCUT2D eigenvalue weighted by Gasteiger charge is -2.42. The van der Waals surface area contributed by atoms with Gasteiger partial charge in [0.2, 0.25) is 11.8 Å². The molecule has 0 saturated carbocycles. The third-order valence-corrected chi connectivity index (χ3v) is 7.78. The monoisotopic (exact) mass is 490 g/mol. The summed E-state index contributed by atoms with van der Waals surface area (Å²) in [6.07, 6.45) is 7.03. The molecule has 0 aromatic rings. The molecule has 5 atom stereocenters. The quantitative estimate of drug-likeness (QED) is 0.257. The van der Waals surface area contributed by atoms with Crippen LogP contribution in [-0.4, -0.2) is 81.8 Å². The van der Waals surface area contributed by atoms with Gasteiger partial charge in [0.1, 0.15) is 17.6 Å². The van der Waals surface area contributed by atoms with Crippen LogP contribution in [0.4, 0.5) is 0 Å². The van der Waals surface area contributed by atoms with Gasteiger partial charge in [0.15, 0.2) is 0 Å². The summed E-state index contributed by atoms with van der Waals surface area (Å²) >= 11 is 0. The van der Waals surface area contributed by atoms with Crippen LogP contribution in [0.25, 0.3) is 0 Å². The number of nitrogens with zero attached hydrogens (tertiary/aromatic N) is 2. The first-order valence-corrected chi connectivity index (χ1v) is 12.8. The van der Waals surface area contributed by atoms with Crippen LogP contribution in [-0.2, 0) is 23.9 Å². The van der Waals surface area contributed by atoms with Crippen LogP contribution in [0.5, 0.6) is 0 Å². The van der Waals surface area contributed by atoms with Gasteiger partial charge in [-0.25, -0.2) is 0 Å². The van der Waals surface area contributed by atoms with Gasteiger partial charge in [0.05, 0.1) is 18.1 Å². The average molecular weight is 491 g/mol. The zero-order valence-corrected chi connectivity index (χ0v) is 21.8. The normalized spacial score (nSPS) is 31.4. The molecule has 3 fully saturated rings. The Kier molecular flexibility index (Phi) is 8.16. The van der Waals surface area contributed by atoms with Gasteiger partial charge in [-0.3, -0.25) is 14.4 Å². The number of carbonyl (C=O) groups is 3. The molecular weight excluding hydrogens is 448 g/mol. The molecule has 2 bridgehead atoms. The molecule has 0 aliphatic carbocycles. The van der Waals surface area contributed by atoms with Crippen LogP contribution in [0.3, 0.4) is 0 Å². The summed E-state index contributed by atoms with van der Waals surface area (Å²) in [5, 5.41) is 9.17. The third-order valence-electron chi connectivity index (χ3n) is 7.78.